The molecule has 4 rings (SSSR count). The van der Waals surface area contributed by atoms with E-state index in [1.54, 1.807) is 12.1 Å². The summed E-state index contributed by atoms with van der Waals surface area (Å²) in [5, 5.41) is 12.3. The van der Waals surface area contributed by atoms with Gasteiger partial charge in [0.2, 0.25) is 17.6 Å². The molecule has 2 aromatic heterocycles. The first kappa shape index (κ1) is 21.0. The molecular formula is C21H18F2N4O3S. The summed E-state index contributed by atoms with van der Waals surface area (Å²) in [5.41, 5.74) is 2.71. The minimum Gasteiger partial charge on any atom is -0.435 e. The first-order valence-corrected chi connectivity index (χ1v) is 10.4. The highest BCUT2D eigenvalue weighted by atomic mass is 32.2. The summed E-state index contributed by atoms with van der Waals surface area (Å²) in [6.07, 6.45) is 0. The van der Waals surface area contributed by atoms with E-state index in [9.17, 15) is 8.78 Å². The van der Waals surface area contributed by atoms with Crippen LogP contribution >= 0.6 is 11.8 Å². The van der Waals surface area contributed by atoms with E-state index in [1.807, 2.05) is 12.1 Å². The topological polar surface area (TPSA) is 87.1 Å². The lowest BCUT2D eigenvalue weighted by atomic mass is 10.0. The van der Waals surface area contributed by atoms with Crippen LogP contribution in [0.1, 0.15) is 31.2 Å². The van der Waals surface area contributed by atoms with E-state index >= 15 is 0 Å². The first-order valence-electron chi connectivity index (χ1n) is 9.42. The molecule has 0 aliphatic rings. The van der Waals surface area contributed by atoms with Crippen LogP contribution in [0.4, 0.5) is 8.78 Å². The van der Waals surface area contributed by atoms with Gasteiger partial charge < -0.3 is 13.7 Å². The Morgan fingerprint density at radius 2 is 1.68 bits per heavy atom. The Labute approximate surface area is 180 Å². The maximum atomic E-state index is 12.2. The fourth-order valence-corrected chi connectivity index (χ4v) is 3.34. The Morgan fingerprint density at radius 3 is 2.35 bits per heavy atom. The number of nitrogens with zero attached hydrogens (tertiary/aromatic N) is 4. The van der Waals surface area contributed by atoms with Gasteiger partial charge in [0.15, 0.2) is 0 Å². The highest BCUT2D eigenvalue weighted by molar-refractivity contribution is 7.98. The minimum absolute atomic E-state index is 0.0545. The quantitative estimate of drug-likeness (QED) is 0.315. The third-order valence-corrected chi connectivity index (χ3v) is 5.16. The van der Waals surface area contributed by atoms with Crippen LogP contribution in [0.5, 0.6) is 5.75 Å². The molecule has 160 valence electrons. The molecule has 0 saturated heterocycles. The van der Waals surface area contributed by atoms with Gasteiger partial charge in [-0.1, -0.05) is 55.0 Å². The zero-order valence-corrected chi connectivity index (χ0v) is 17.5. The van der Waals surface area contributed by atoms with Gasteiger partial charge in [-0.05, 0) is 35.7 Å². The second kappa shape index (κ2) is 9.25. The molecular weight excluding hydrogens is 426 g/mol. The average molecular weight is 444 g/mol. The lowest BCUT2D eigenvalue weighted by Crippen LogP contribution is -2.01. The zero-order valence-electron chi connectivity index (χ0n) is 16.7. The lowest BCUT2D eigenvalue weighted by molar-refractivity contribution is -0.0498. The van der Waals surface area contributed by atoms with Crippen LogP contribution in [0.3, 0.4) is 0 Å². The molecule has 0 aliphatic heterocycles. The van der Waals surface area contributed by atoms with Gasteiger partial charge in [0.05, 0.1) is 5.75 Å². The number of hydrogen-bond donors (Lipinski definition) is 0. The van der Waals surface area contributed by atoms with Crippen molar-refractivity contribution < 1.29 is 22.5 Å². The van der Waals surface area contributed by atoms with Crippen molar-refractivity contribution in [2.24, 2.45) is 0 Å². The molecule has 31 heavy (non-hydrogen) atoms. The molecule has 0 bridgehead atoms. The van der Waals surface area contributed by atoms with E-state index < -0.39 is 6.61 Å². The molecule has 0 N–H and O–H groups in total. The average Bonchev–Trinajstić information content (AvgIpc) is 3.42. The summed E-state index contributed by atoms with van der Waals surface area (Å²) in [6, 6.07) is 14.0. The molecule has 4 aromatic rings. The third kappa shape index (κ3) is 5.26. The van der Waals surface area contributed by atoms with Crippen molar-refractivity contribution in [3.8, 4) is 28.6 Å². The van der Waals surface area contributed by atoms with Crippen LogP contribution in [0.15, 0.2) is 62.7 Å². The fourth-order valence-electron chi connectivity index (χ4n) is 2.74. The third-order valence-electron chi connectivity index (χ3n) is 4.36. The Bertz CT molecular complexity index is 1130. The highest BCUT2D eigenvalue weighted by Crippen LogP contribution is 2.28. The molecule has 0 aliphatic carbocycles. The van der Waals surface area contributed by atoms with E-state index in [-0.39, 0.29) is 11.6 Å². The van der Waals surface area contributed by atoms with Crippen molar-refractivity contribution in [3.05, 3.63) is 60.0 Å². The van der Waals surface area contributed by atoms with Crippen molar-refractivity contribution in [2.75, 3.05) is 0 Å². The molecule has 0 atom stereocenters. The number of alkyl halides is 2. The van der Waals surface area contributed by atoms with Crippen LogP contribution in [0.2, 0.25) is 0 Å². The summed E-state index contributed by atoms with van der Waals surface area (Å²) >= 11 is 1.26. The summed E-state index contributed by atoms with van der Waals surface area (Å²) in [4.78, 5) is 4.40. The first-order chi connectivity index (χ1) is 15.0. The monoisotopic (exact) mass is 444 g/mol. The number of aromatic nitrogens is 4. The Kier molecular flexibility index (Phi) is 6.26. The van der Waals surface area contributed by atoms with Crippen LogP contribution in [-0.4, -0.2) is 26.9 Å². The van der Waals surface area contributed by atoms with E-state index in [4.69, 9.17) is 8.94 Å². The van der Waals surface area contributed by atoms with E-state index in [0.29, 0.717) is 34.2 Å². The summed E-state index contributed by atoms with van der Waals surface area (Å²) in [7, 11) is 0. The molecule has 10 heteroatoms. The summed E-state index contributed by atoms with van der Waals surface area (Å²) < 4.78 is 39.7. The second-order valence-corrected chi connectivity index (χ2v) is 7.78. The van der Waals surface area contributed by atoms with Crippen molar-refractivity contribution in [3.63, 3.8) is 0 Å². The Balaban J connectivity index is 1.37. The van der Waals surface area contributed by atoms with Gasteiger partial charge in [-0.2, -0.15) is 13.8 Å². The van der Waals surface area contributed by atoms with E-state index in [1.165, 1.54) is 29.5 Å². The van der Waals surface area contributed by atoms with Crippen molar-refractivity contribution >= 4 is 11.8 Å². The Hall–Kier alpha value is -3.27. The highest BCUT2D eigenvalue weighted by Gasteiger charge is 2.14. The van der Waals surface area contributed by atoms with E-state index in [0.717, 1.165) is 5.56 Å². The second-order valence-electron chi connectivity index (χ2n) is 6.85. The van der Waals surface area contributed by atoms with Crippen LogP contribution in [0, 0.1) is 0 Å². The largest absolute Gasteiger partial charge is 0.435 e. The van der Waals surface area contributed by atoms with Gasteiger partial charge >= 0.3 is 6.61 Å². The number of rotatable bonds is 8. The number of ether oxygens (including phenoxy) is 1. The Morgan fingerprint density at radius 1 is 0.968 bits per heavy atom. The number of halogens is 2. The molecule has 0 fully saturated rings. The lowest BCUT2D eigenvalue weighted by Gasteiger charge is -2.04. The van der Waals surface area contributed by atoms with Gasteiger partial charge in [0.25, 0.3) is 5.22 Å². The van der Waals surface area contributed by atoms with Crippen molar-refractivity contribution in [1.29, 1.82) is 0 Å². The van der Waals surface area contributed by atoms with Gasteiger partial charge in [-0.15, -0.1) is 10.2 Å². The van der Waals surface area contributed by atoms with Crippen LogP contribution in [0.25, 0.3) is 22.8 Å². The van der Waals surface area contributed by atoms with E-state index in [2.05, 4.69) is 51.1 Å². The number of thioether (sulfide) groups is 1. The normalized spacial score (nSPS) is 11.4. The molecule has 0 spiro atoms. The fraction of sp³-hybridized carbons (Fsp3) is 0.238. The molecule has 0 saturated carbocycles. The van der Waals surface area contributed by atoms with Crippen LogP contribution in [-0.2, 0) is 5.75 Å². The minimum atomic E-state index is -2.87. The van der Waals surface area contributed by atoms with Gasteiger partial charge in [0, 0.05) is 11.1 Å². The SMILES string of the molecule is CC(C)c1ccc(-c2noc(CSc3nnc(-c4ccc(OC(F)F)cc4)o3)n2)cc1. The molecule has 0 amide bonds. The van der Waals surface area contributed by atoms with Crippen LogP contribution < -0.4 is 4.74 Å². The number of benzene rings is 2. The predicted molar refractivity (Wildman–Crippen MR) is 110 cm³/mol. The molecule has 0 unspecified atom stereocenters. The molecule has 0 radical (unpaired) electrons. The standard InChI is InChI=1S/C21H18F2N4O3S/c1-12(2)13-3-5-14(6-4-13)18-24-17(30-27-18)11-31-21-26-25-19(29-21)15-7-9-16(10-8-15)28-20(22)23/h3-10,12,20H,11H2,1-2H3. The summed E-state index contributed by atoms with van der Waals surface area (Å²) in [6.45, 7) is 1.40. The van der Waals surface area contributed by atoms with Crippen molar-refractivity contribution in [1.82, 2.24) is 20.3 Å². The van der Waals surface area contributed by atoms with Gasteiger partial charge in [0.1, 0.15) is 5.75 Å². The molecule has 7 nitrogen and oxygen atoms in total. The summed E-state index contributed by atoms with van der Waals surface area (Å²) in [5.74, 6) is 2.08. The number of hydrogen-bond acceptors (Lipinski definition) is 8. The zero-order chi connectivity index (χ0) is 21.8. The van der Waals surface area contributed by atoms with Crippen molar-refractivity contribution in [2.45, 2.75) is 37.4 Å². The molecule has 2 heterocycles. The smallest absolute Gasteiger partial charge is 0.387 e. The van der Waals surface area contributed by atoms with Gasteiger partial charge in [-0.25, -0.2) is 0 Å². The maximum absolute atomic E-state index is 12.2. The molecule has 2 aromatic carbocycles. The van der Waals surface area contributed by atoms with Gasteiger partial charge in [-0.3, -0.25) is 0 Å². The predicted octanol–water partition coefficient (Wildman–Crippen LogP) is 5.80. The maximum Gasteiger partial charge on any atom is 0.387 e.